The van der Waals surface area contributed by atoms with E-state index in [2.05, 4.69) is 15.5 Å². The van der Waals surface area contributed by atoms with E-state index >= 15 is 0 Å². The third kappa shape index (κ3) is 7.97. The smallest absolute Gasteiger partial charge is 0.389 e. The molecule has 2 amide bonds. The number of halogens is 4. The molecule has 38 heavy (non-hydrogen) atoms. The average molecular weight is 602 g/mol. The van der Waals surface area contributed by atoms with E-state index in [-0.39, 0.29) is 36.2 Å². The van der Waals surface area contributed by atoms with Crippen LogP contribution in [0, 0.1) is 12.8 Å². The Hall–Kier alpha value is -2.57. The van der Waals surface area contributed by atoms with E-state index in [1.165, 1.54) is 4.90 Å². The van der Waals surface area contributed by atoms with Crippen molar-refractivity contribution in [1.82, 2.24) is 9.88 Å². The molecule has 0 radical (unpaired) electrons. The van der Waals surface area contributed by atoms with Crippen molar-refractivity contribution >= 4 is 40.3 Å². The first-order valence-electron chi connectivity index (χ1n) is 12.6. The molecule has 2 fully saturated rings. The number of amides is 2. The molecule has 1 aromatic carbocycles. The zero-order chi connectivity index (χ0) is 26.6. The molecule has 1 unspecified atom stereocenters. The van der Waals surface area contributed by atoms with Crippen LogP contribution in [0.2, 0.25) is 0 Å². The molecule has 0 bridgehead atoms. The van der Waals surface area contributed by atoms with Crippen molar-refractivity contribution in [2.24, 2.45) is 5.92 Å². The van der Waals surface area contributed by atoms with Gasteiger partial charge in [-0.25, -0.2) is 9.78 Å². The van der Waals surface area contributed by atoms with Crippen molar-refractivity contribution < 1.29 is 27.8 Å². The van der Waals surface area contributed by atoms with Crippen LogP contribution < -0.4 is 15.5 Å². The van der Waals surface area contributed by atoms with E-state index in [9.17, 15) is 23.1 Å². The summed E-state index contributed by atoms with van der Waals surface area (Å²) in [6.07, 6.45) is -4.75. The standard InChI is InChI=1S/C26H34F3N5O3.BrH/c1-17-3-4-21(31-25(36)34-6-5-19(15-34)14-26(27,28)29)13-22(17)20-11-23(30-18(2)16-35)32-24(12-20)33-7-9-37-10-8-33;/h3-4,11-13,18-19,35H,5-10,14-16H2,1-2H3,(H,30,32)(H,31,36);1H/t18?,19-;/m0./s1. The van der Waals surface area contributed by atoms with Crippen LogP contribution in [-0.2, 0) is 4.74 Å². The highest BCUT2D eigenvalue weighted by atomic mass is 79.9. The second-order valence-corrected chi connectivity index (χ2v) is 9.81. The molecular weight excluding hydrogens is 567 g/mol. The van der Waals surface area contributed by atoms with Crippen LogP contribution in [0.25, 0.3) is 11.1 Å². The molecule has 0 saturated carbocycles. The van der Waals surface area contributed by atoms with Gasteiger partial charge in [0, 0.05) is 44.3 Å². The first-order valence-corrected chi connectivity index (χ1v) is 12.6. The summed E-state index contributed by atoms with van der Waals surface area (Å²) in [6, 6.07) is 8.88. The molecule has 4 rings (SSSR count). The second-order valence-electron chi connectivity index (χ2n) is 9.81. The Morgan fingerprint density at radius 3 is 2.63 bits per heavy atom. The molecule has 2 aliphatic heterocycles. The number of urea groups is 1. The van der Waals surface area contributed by atoms with E-state index < -0.39 is 24.5 Å². The molecule has 2 atom stereocenters. The van der Waals surface area contributed by atoms with Crippen molar-refractivity contribution in [2.75, 3.05) is 61.5 Å². The molecule has 0 aliphatic carbocycles. The summed E-state index contributed by atoms with van der Waals surface area (Å²) < 4.78 is 43.7. The maximum absolute atomic E-state index is 12.8. The average Bonchev–Trinajstić information content (AvgIpc) is 3.32. The number of hydrogen-bond donors (Lipinski definition) is 3. The topological polar surface area (TPSA) is 90.0 Å². The van der Waals surface area contributed by atoms with Gasteiger partial charge >= 0.3 is 12.2 Å². The lowest BCUT2D eigenvalue weighted by molar-refractivity contribution is -0.143. The Morgan fingerprint density at radius 1 is 1.21 bits per heavy atom. The highest BCUT2D eigenvalue weighted by molar-refractivity contribution is 8.93. The van der Waals surface area contributed by atoms with Gasteiger partial charge in [-0.1, -0.05) is 6.07 Å². The fraction of sp³-hybridized carbons (Fsp3) is 0.538. The number of carbonyl (C=O) groups excluding carboxylic acids is 1. The maximum atomic E-state index is 12.8. The van der Waals surface area contributed by atoms with Gasteiger partial charge in [-0.05, 0) is 67.1 Å². The largest absolute Gasteiger partial charge is 0.394 e. The summed E-state index contributed by atoms with van der Waals surface area (Å²) in [7, 11) is 0. The normalized spacial score (nSPS) is 18.6. The van der Waals surface area contributed by atoms with Gasteiger partial charge in [0.25, 0.3) is 0 Å². The summed E-state index contributed by atoms with van der Waals surface area (Å²) >= 11 is 0. The lowest BCUT2D eigenvalue weighted by Crippen LogP contribution is -2.37. The van der Waals surface area contributed by atoms with E-state index in [0.717, 1.165) is 22.5 Å². The van der Waals surface area contributed by atoms with E-state index in [1.54, 1.807) is 6.07 Å². The Bertz CT molecular complexity index is 1100. The highest BCUT2D eigenvalue weighted by Crippen LogP contribution is 2.33. The SMILES string of the molecule is Br.Cc1ccc(NC(=O)N2CC[C@@H](CC(F)(F)F)C2)cc1-c1cc(NC(C)CO)nc(N2CCOCC2)c1. The van der Waals surface area contributed by atoms with Crippen molar-refractivity contribution in [3.8, 4) is 11.1 Å². The molecule has 2 aliphatic rings. The maximum Gasteiger partial charge on any atom is 0.389 e. The number of ether oxygens (including phenoxy) is 1. The van der Waals surface area contributed by atoms with Crippen LogP contribution in [-0.4, -0.2) is 79.2 Å². The number of rotatable bonds is 7. The van der Waals surface area contributed by atoms with Crippen LogP contribution in [0.4, 0.5) is 35.3 Å². The number of aliphatic hydroxyl groups is 1. The first-order chi connectivity index (χ1) is 17.6. The fourth-order valence-electron chi connectivity index (χ4n) is 4.72. The van der Waals surface area contributed by atoms with Gasteiger partial charge in [-0.2, -0.15) is 13.2 Å². The number of benzene rings is 1. The number of nitrogens with zero attached hydrogens (tertiary/aromatic N) is 3. The molecule has 2 aromatic rings. The van der Waals surface area contributed by atoms with Gasteiger partial charge in [0.15, 0.2) is 0 Å². The van der Waals surface area contributed by atoms with Gasteiger partial charge in [0.2, 0.25) is 0 Å². The van der Waals surface area contributed by atoms with Crippen LogP contribution in [0.15, 0.2) is 30.3 Å². The van der Waals surface area contributed by atoms with E-state index in [1.807, 2.05) is 38.1 Å². The van der Waals surface area contributed by atoms with Gasteiger partial charge in [-0.15, -0.1) is 17.0 Å². The van der Waals surface area contributed by atoms with Crippen molar-refractivity contribution in [3.05, 3.63) is 35.9 Å². The Labute approximate surface area is 231 Å². The van der Waals surface area contributed by atoms with Gasteiger partial charge < -0.3 is 30.3 Å². The van der Waals surface area contributed by atoms with Gasteiger partial charge in [0.05, 0.1) is 19.8 Å². The van der Waals surface area contributed by atoms with Crippen LogP contribution >= 0.6 is 17.0 Å². The lowest BCUT2D eigenvalue weighted by atomic mass is 10.00. The van der Waals surface area contributed by atoms with E-state index in [0.29, 0.717) is 50.8 Å². The van der Waals surface area contributed by atoms with Crippen molar-refractivity contribution in [3.63, 3.8) is 0 Å². The van der Waals surface area contributed by atoms with E-state index in [4.69, 9.17) is 9.72 Å². The number of nitrogens with one attached hydrogen (secondary N) is 2. The van der Waals surface area contributed by atoms with Gasteiger partial charge in [0.1, 0.15) is 11.6 Å². The number of carbonyl (C=O) groups is 1. The monoisotopic (exact) mass is 601 g/mol. The number of aryl methyl sites for hydroxylation is 1. The summed E-state index contributed by atoms with van der Waals surface area (Å²) in [6.45, 7) is 6.84. The minimum Gasteiger partial charge on any atom is -0.394 e. The molecule has 210 valence electrons. The van der Waals surface area contributed by atoms with Crippen LogP contribution in [0.1, 0.15) is 25.3 Å². The van der Waals surface area contributed by atoms with Crippen LogP contribution in [0.5, 0.6) is 0 Å². The highest BCUT2D eigenvalue weighted by Gasteiger charge is 2.36. The third-order valence-corrected chi connectivity index (χ3v) is 6.71. The second kappa shape index (κ2) is 13.0. The molecule has 2 saturated heterocycles. The van der Waals surface area contributed by atoms with Crippen molar-refractivity contribution in [1.29, 1.82) is 0 Å². The number of aliphatic hydroxyl groups excluding tert-OH is 1. The summed E-state index contributed by atoms with van der Waals surface area (Å²) in [5, 5.41) is 15.6. The number of likely N-dealkylation sites (tertiary alicyclic amines) is 1. The Morgan fingerprint density at radius 2 is 1.95 bits per heavy atom. The first kappa shape index (κ1) is 30.0. The summed E-state index contributed by atoms with van der Waals surface area (Å²) in [5.41, 5.74) is 3.34. The predicted molar refractivity (Wildman–Crippen MR) is 147 cm³/mol. The minimum absolute atomic E-state index is 0. The quantitative estimate of drug-likeness (QED) is 0.410. The lowest BCUT2D eigenvalue weighted by Gasteiger charge is -2.29. The molecule has 1 aromatic heterocycles. The summed E-state index contributed by atoms with van der Waals surface area (Å²) in [4.78, 5) is 21.1. The Kier molecular flexibility index (Phi) is 10.2. The predicted octanol–water partition coefficient (Wildman–Crippen LogP) is 5.07. The number of aromatic nitrogens is 1. The fourth-order valence-corrected chi connectivity index (χ4v) is 4.72. The molecule has 8 nitrogen and oxygen atoms in total. The molecule has 3 heterocycles. The van der Waals surface area contributed by atoms with Crippen LogP contribution in [0.3, 0.4) is 0 Å². The number of morpholine rings is 1. The zero-order valence-corrected chi connectivity index (χ0v) is 23.3. The number of anilines is 3. The number of pyridine rings is 1. The number of alkyl halides is 3. The Balaban J connectivity index is 0.00000400. The van der Waals surface area contributed by atoms with Crippen molar-refractivity contribution in [2.45, 2.75) is 38.9 Å². The molecule has 3 N–H and O–H groups in total. The molecular formula is C26H35BrF3N5O3. The zero-order valence-electron chi connectivity index (χ0n) is 21.6. The third-order valence-electron chi connectivity index (χ3n) is 6.71. The summed E-state index contributed by atoms with van der Waals surface area (Å²) in [5.74, 6) is 0.846. The minimum atomic E-state index is -4.23. The molecule has 0 spiro atoms. The van der Waals surface area contributed by atoms with Gasteiger partial charge in [-0.3, -0.25) is 0 Å². The molecule has 12 heteroatoms. The number of hydrogen-bond acceptors (Lipinski definition) is 6.